The van der Waals surface area contributed by atoms with Crippen molar-refractivity contribution in [3.05, 3.63) is 59.7 Å². The molecule has 2 aromatic carbocycles. The van der Waals surface area contributed by atoms with E-state index in [-0.39, 0.29) is 17.2 Å². The number of carbonyl (C=O) groups excluding carboxylic acids is 2. The second-order valence-corrected chi connectivity index (χ2v) is 8.81. The Kier molecular flexibility index (Phi) is 8.14. The highest BCUT2D eigenvalue weighted by molar-refractivity contribution is 7.98. The molecule has 0 saturated heterocycles. The number of rotatable bonds is 8. The molecule has 0 saturated carbocycles. The number of anilines is 1. The zero-order valence-corrected chi connectivity index (χ0v) is 18.6. The van der Waals surface area contributed by atoms with Crippen LogP contribution < -0.4 is 15.4 Å². The van der Waals surface area contributed by atoms with E-state index in [1.54, 1.807) is 36.0 Å². The van der Waals surface area contributed by atoms with E-state index in [2.05, 4.69) is 31.4 Å². The average molecular weight is 415 g/mol. The molecule has 0 spiro atoms. The van der Waals surface area contributed by atoms with Gasteiger partial charge in [-0.05, 0) is 53.7 Å². The van der Waals surface area contributed by atoms with Gasteiger partial charge in [0.25, 0.3) is 5.91 Å². The molecule has 0 aliphatic heterocycles. The van der Waals surface area contributed by atoms with Crippen LogP contribution in [0.2, 0.25) is 0 Å². The normalized spacial score (nSPS) is 12.2. The van der Waals surface area contributed by atoms with Crippen LogP contribution in [0.1, 0.15) is 43.1 Å². The number of amides is 2. The fraction of sp³-hybridized carbons (Fsp3) is 0.391. The summed E-state index contributed by atoms with van der Waals surface area (Å²) in [6, 6.07) is 14.2. The third-order valence-electron chi connectivity index (χ3n) is 4.60. The monoisotopic (exact) mass is 414 g/mol. The third-order valence-corrected chi connectivity index (χ3v) is 5.25. The zero-order chi connectivity index (χ0) is 21.4. The first-order valence-corrected chi connectivity index (χ1v) is 11.0. The van der Waals surface area contributed by atoms with Crippen LogP contribution in [0.25, 0.3) is 0 Å². The summed E-state index contributed by atoms with van der Waals surface area (Å²) in [5, 5.41) is 5.78. The number of ether oxygens (including phenoxy) is 1. The summed E-state index contributed by atoms with van der Waals surface area (Å²) in [5.41, 5.74) is 2.36. The van der Waals surface area contributed by atoms with E-state index in [0.29, 0.717) is 23.4 Å². The van der Waals surface area contributed by atoms with E-state index in [1.807, 2.05) is 30.5 Å². The molecule has 0 aliphatic rings. The number of methoxy groups -OCH3 is 1. The highest BCUT2D eigenvalue weighted by Crippen LogP contribution is 2.23. The average Bonchev–Trinajstić information content (AvgIpc) is 2.70. The number of carbonyl (C=O) groups is 2. The van der Waals surface area contributed by atoms with Crippen molar-refractivity contribution in [2.24, 2.45) is 0 Å². The van der Waals surface area contributed by atoms with Gasteiger partial charge in [-0.2, -0.15) is 11.8 Å². The molecule has 1 unspecified atom stereocenters. The lowest BCUT2D eigenvalue weighted by atomic mass is 9.87. The predicted molar refractivity (Wildman–Crippen MR) is 121 cm³/mol. The highest BCUT2D eigenvalue weighted by atomic mass is 32.2. The van der Waals surface area contributed by atoms with Crippen molar-refractivity contribution < 1.29 is 14.3 Å². The van der Waals surface area contributed by atoms with Crippen LogP contribution in [0.15, 0.2) is 48.5 Å². The Bertz CT molecular complexity index is 829. The molecule has 0 bridgehead atoms. The summed E-state index contributed by atoms with van der Waals surface area (Å²) >= 11 is 1.63. The molecule has 5 nitrogen and oxygen atoms in total. The van der Waals surface area contributed by atoms with Gasteiger partial charge in [-0.15, -0.1) is 0 Å². The Balaban J connectivity index is 2.12. The van der Waals surface area contributed by atoms with E-state index in [1.165, 1.54) is 12.7 Å². The highest BCUT2D eigenvalue weighted by Gasteiger charge is 2.23. The maximum absolute atomic E-state index is 12.9. The summed E-state index contributed by atoms with van der Waals surface area (Å²) in [5.74, 6) is 0.678. The first-order valence-electron chi connectivity index (χ1n) is 9.60. The quantitative estimate of drug-likeness (QED) is 0.668. The molecule has 2 amide bonds. The third kappa shape index (κ3) is 6.53. The number of nitrogens with one attached hydrogen (secondary N) is 2. The van der Waals surface area contributed by atoms with Gasteiger partial charge in [0.15, 0.2) is 0 Å². The van der Waals surface area contributed by atoms with Crippen molar-refractivity contribution in [1.29, 1.82) is 0 Å². The predicted octanol–water partition coefficient (Wildman–Crippen LogP) is 4.48. The number of thioether (sulfide) groups is 1. The van der Waals surface area contributed by atoms with Crippen molar-refractivity contribution in [3.8, 4) is 5.75 Å². The van der Waals surface area contributed by atoms with Crippen LogP contribution in [0.3, 0.4) is 0 Å². The van der Waals surface area contributed by atoms with Gasteiger partial charge in [-0.25, -0.2) is 0 Å². The molecule has 2 aromatic rings. The molecule has 1 atom stereocenters. The molecule has 0 heterocycles. The van der Waals surface area contributed by atoms with Gasteiger partial charge in [0.2, 0.25) is 5.91 Å². The Morgan fingerprint density at radius 2 is 1.72 bits per heavy atom. The second-order valence-electron chi connectivity index (χ2n) is 7.82. The topological polar surface area (TPSA) is 67.4 Å². The number of benzene rings is 2. The second kappa shape index (κ2) is 10.3. The van der Waals surface area contributed by atoms with Crippen LogP contribution in [0.4, 0.5) is 5.69 Å². The number of hydrogen-bond donors (Lipinski definition) is 2. The van der Waals surface area contributed by atoms with Gasteiger partial charge in [0.05, 0.1) is 12.7 Å². The van der Waals surface area contributed by atoms with Crippen LogP contribution >= 0.6 is 11.8 Å². The van der Waals surface area contributed by atoms with E-state index in [9.17, 15) is 9.59 Å². The molecular formula is C23H30N2O3S. The van der Waals surface area contributed by atoms with E-state index < -0.39 is 6.04 Å². The maximum atomic E-state index is 12.9. The summed E-state index contributed by atoms with van der Waals surface area (Å²) in [6.45, 7) is 6.44. The van der Waals surface area contributed by atoms with Gasteiger partial charge >= 0.3 is 0 Å². The molecule has 0 fully saturated rings. The fourth-order valence-corrected chi connectivity index (χ4v) is 3.33. The van der Waals surface area contributed by atoms with Crippen LogP contribution in [0.5, 0.6) is 5.75 Å². The van der Waals surface area contributed by atoms with Crippen LogP contribution in [-0.2, 0) is 10.2 Å². The zero-order valence-electron chi connectivity index (χ0n) is 17.7. The summed E-state index contributed by atoms with van der Waals surface area (Å²) in [4.78, 5) is 25.6. The summed E-state index contributed by atoms with van der Waals surface area (Å²) in [7, 11) is 1.52. The van der Waals surface area contributed by atoms with Gasteiger partial charge in [0, 0.05) is 5.69 Å². The van der Waals surface area contributed by atoms with Gasteiger partial charge < -0.3 is 15.4 Å². The van der Waals surface area contributed by atoms with Crippen LogP contribution in [-0.4, -0.2) is 37.0 Å². The van der Waals surface area contributed by atoms with E-state index in [0.717, 1.165) is 5.75 Å². The number of para-hydroxylation sites is 1. The summed E-state index contributed by atoms with van der Waals surface area (Å²) < 4.78 is 5.26. The van der Waals surface area contributed by atoms with Crippen molar-refractivity contribution >= 4 is 29.3 Å². The first-order chi connectivity index (χ1) is 13.8. The van der Waals surface area contributed by atoms with Crippen molar-refractivity contribution in [2.45, 2.75) is 38.6 Å². The first kappa shape index (κ1) is 22.8. The molecule has 29 heavy (non-hydrogen) atoms. The molecule has 156 valence electrons. The Morgan fingerprint density at radius 1 is 1.07 bits per heavy atom. The van der Waals surface area contributed by atoms with Crippen LogP contribution in [0, 0.1) is 0 Å². The lowest BCUT2D eigenvalue weighted by Gasteiger charge is -2.21. The minimum Gasteiger partial charge on any atom is -0.496 e. The lowest BCUT2D eigenvalue weighted by Crippen LogP contribution is -2.44. The molecule has 2 rings (SSSR count). The minimum atomic E-state index is -0.637. The van der Waals surface area contributed by atoms with Gasteiger partial charge in [0.1, 0.15) is 11.8 Å². The standard InChI is InChI=1S/C23H30N2O3S/c1-23(2,3)16-10-12-17(13-11-16)24-22(27)19(14-15-29-5)25-21(26)18-8-6-7-9-20(18)28-4/h6-13,19H,14-15H2,1-5H3,(H,24,27)(H,25,26). The maximum Gasteiger partial charge on any atom is 0.255 e. The van der Waals surface area contributed by atoms with Crippen molar-refractivity contribution in [1.82, 2.24) is 5.32 Å². The molecule has 0 aromatic heterocycles. The molecule has 6 heteroatoms. The smallest absolute Gasteiger partial charge is 0.255 e. The van der Waals surface area contributed by atoms with E-state index in [4.69, 9.17) is 4.74 Å². The van der Waals surface area contributed by atoms with E-state index >= 15 is 0 Å². The molecule has 2 N–H and O–H groups in total. The Morgan fingerprint density at radius 3 is 2.31 bits per heavy atom. The van der Waals surface area contributed by atoms with Crippen molar-refractivity contribution in [2.75, 3.05) is 24.4 Å². The molecule has 0 radical (unpaired) electrons. The van der Waals surface area contributed by atoms with Gasteiger partial charge in [-0.1, -0.05) is 45.0 Å². The fourth-order valence-electron chi connectivity index (χ4n) is 2.86. The minimum absolute atomic E-state index is 0.0478. The Hall–Kier alpha value is -2.47. The van der Waals surface area contributed by atoms with Crippen molar-refractivity contribution in [3.63, 3.8) is 0 Å². The van der Waals surface area contributed by atoms with Gasteiger partial charge in [-0.3, -0.25) is 9.59 Å². The largest absolute Gasteiger partial charge is 0.496 e. The molecular weight excluding hydrogens is 384 g/mol. The lowest BCUT2D eigenvalue weighted by molar-refractivity contribution is -0.118. The SMILES string of the molecule is COc1ccccc1C(=O)NC(CCSC)C(=O)Nc1ccc(C(C)(C)C)cc1. The summed E-state index contributed by atoms with van der Waals surface area (Å²) in [6.07, 6.45) is 2.51. The number of hydrogen-bond acceptors (Lipinski definition) is 4. The molecule has 0 aliphatic carbocycles. The Labute approximate surface area is 177 Å².